The highest BCUT2D eigenvalue weighted by atomic mass is 35.5. The van der Waals surface area contributed by atoms with Crippen molar-refractivity contribution in [3.05, 3.63) is 81.1 Å². The van der Waals surface area contributed by atoms with Gasteiger partial charge in [0.1, 0.15) is 11.2 Å². The van der Waals surface area contributed by atoms with Gasteiger partial charge in [-0.1, -0.05) is 29.3 Å². The van der Waals surface area contributed by atoms with Crippen molar-refractivity contribution in [2.45, 2.75) is 44.9 Å². The van der Waals surface area contributed by atoms with Crippen LogP contribution in [0.3, 0.4) is 0 Å². The highest BCUT2D eigenvalue weighted by Gasteiger charge is 2.39. The number of pyridine rings is 1. The number of imidazole rings is 1. The summed E-state index contributed by atoms with van der Waals surface area (Å²) in [7, 11) is 1.85. The molecule has 39 heavy (non-hydrogen) atoms. The van der Waals surface area contributed by atoms with E-state index in [1.807, 2.05) is 58.2 Å². The summed E-state index contributed by atoms with van der Waals surface area (Å²) in [6, 6.07) is 7.38. The van der Waals surface area contributed by atoms with Crippen LogP contribution in [0.15, 0.2) is 43.0 Å². The summed E-state index contributed by atoms with van der Waals surface area (Å²) in [5.74, 6) is 0. The summed E-state index contributed by atoms with van der Waals surface area (Å²) in [4.78, 5) is 25.8. The first kappa shape index (κ1) is 27.6. The zero-order valence-electron chi connectivity index (χ0n) is 22.8. The fourth-order valence-corrected chi connectivity index (χ4v) is 5.75. The molecule has 1 fully saturated rings. The number of benzene rings is 1. The first-order valence-electron chi connectivity index (χ1n) is 12.9. The van der Waals surface area contributed by atoms with Crippen LogP contribution in [0.2, 0.25) is 10.0 Å². The number of carbonyl (C=O) groups excluding carboxylic acids is 1. The van der Waals surface area contributed by atoms with E-state index < -0.39 is 11.2 Å². The monoisotopic (exact) mass is 569 g/mol. The Morgan fingerprint density at radius 3 is 2.41 bits per heavy atom. The Morgan fingerprint density at radius 1 is 1.05 bits per heavy atom. The average molecular weight is 571 g/mol. The standard InChI is InChI=1S/C29H33Cl2N5O3/c1-28(2,3)39-27(37)36-10-8-35(9-11-36)26-21-7-6-19(30)14-22(21)23(13-18-12-20(31)15-33-25(18)26)29(4,38)24-16-32-17-34(24)5/h6-7,12-17,26,38H,8-11H2,1-5H3. The highest BCUT2D eigenvalue weighted by Crippen LogP contribution is 2.46. The molecule has 3 heterocycles. The number of carbonyl (C=O) groups is 1. The Hall–Kier alpha value is -2.91. The fraction of sp³-hybridized carbons (Fsp3) is 0.414. The minimum absolute atomic E-state index is 0.249. The van der Waals surface area contributed by atoms with Crippen LogP contribution >= 0.6 is 23.2 Å². The van der Waals surface area contributed by atoms with Crippen molar-refractivity contribution in [2.24, 2.45) is 7.05 Å². The first-order valence-corrected chi connectivity index (χ1v) is 13.7. The van der Waals surface area contributed by atoms with Crippen molar-refractivity contribution in [1.29, 1.82) is 0 Å². The molecule has 0 radical (unpaired) electrons. The molecule has 1 aromatic carbocycles. The maximum Gasteiger partial charge on any atom is 0.410 e. The smallest absolute Gasteiger partial charge is 0.410 e. The third-order valence-corrected chi connectivity index (χ3v) is 7.69. The lowest BCUT2D eigenvalue weighted by molar-refractivity contribution is 0.0117. The second kappa shape index (κ2) is 10.2. The molecule has 3 aromatic rings. The molecule has 0 spiro atoms. The van der Waals surface area contributed by atoms with Gasteiger partial charge in [-0.25, -0.2) is 9.78 Å². The zero-order chi connectivity index (χ0) is 28.1. The van der Waals surface area contributed by atoms with Gasteiger partial charge >= 0.3 is 6.09 Å². The van der Waals surface area contributed by atoms with E-state index in [0.717, 1.165) is 22.4 Å². The number of amides is 1. The summed E-state index contributed by atoms with van der Waals surface area (Å²) in [6.07, 6.45) is 6.63. The molecule has 1 aliphatic heterocycles. The molecular weight excluding hydrogens is 537 g/mol. The Kier molecular flexibility index (Phi) is 7.26. The number of hydrogen-bond acceptors (Lipinski definition) is 6. The van der Waals surface area contributed by atoms with E-state index in [0.29, 0.717) is 47.5 Å². The van der Waals surface area contributed by atoms with Gasteiger partial charge in [0, 0.05) is 44.4 Å². The van der Waals surface area contributed by atoms with Gasteiger partial charge < -0.3 is 19.3 Å². The van der Waals surface area contributed by atoms with Gasteiger partial charge in [0.2, 0.25) is 0 Å². The number of rotatable bonds is 3. The maximum absolute atomic E-state index is 12.7. The highest BCUT2D eigenvalue weighted by molar-refractivity contribution is 6.31. The molecule has 5 rings (SSSR count). The molecule has 1 N–H and O–H groups in total. The van der Waals surface area contributed by atoms with Crippen LogP contribution in [0.5, 0.6) is 0 Å². The van der Waals surface area contributed by atoms with E-state index in [1.165, 1.54) is 0 Å². The van der Waals surface area contributed by atoms with E-state index in [9.17, 15) is 9.90 Å². The number of halogens is 2. The second-order valence-electron chi connectivity index (χ2n) is 11.3. The van der Waals surface area contributed by atoms with Crippen LogP contribution in [0.1, 0.15) is 61.8 Å². The Balaban J connectivity index is 1.59. The number of nitrogens with zero attached hydrogens (tertiary/aromatic N) is 5. The van der Waals surface area contributed by atoms with Gasteiger partial charge in [0.05, 0.1) is 35.0 Å². The van der Waals surface area contributed by atoms with Gasteiger partial charge in [-0.3, -0.25) is 9.88 Å². The lowest BCUT2D eigenvalue weighted by Crippen LogP contribution is -2.51. The summed E-state index contributed by atoms with van der Waals surface area (Å²) >= 11 is 13.0. The van der Waals surface area contributed by atoms with Crippen molar-refractivity contribution in [3.63, 3.8) is 0 Å². The van der Waals surface area contributed by atoms with E-state index in [-0.39, 0.29) is 12.1 Å². The van der Waals surface area contributed by atoms with Crippen LogP contribution in [-0.4, -0.2) is 67.3 Å². The van der Waals surface area contributed by atoms with E-state index in [4.69, 9.17) is 32.9 Å². The molecule has 2 aromatic heterocycles. The maximum atomic E-state index is 12.7. The SMILES string of the molecule is Cn1cncc1C(C)(O)C1=Cc2cc(Cl)cnc2C(N2CCN(C(=O)OC(C)(C)C)CC2)c2ccc(Cl)cc21. The van der Waals surface area contributed by atoms with Gasteiger partial charge in [-0.2, -0.15) is 0 Å². The number of aromatic nitrogens is 3. The molecule has 1 saturated heterocycles. The molecule has 10 heteroatoms. The van der Waals surface area contributed by atoms with Crippen LogP contribution in [0, 0.1) is 0 Å². The van der Waals surface area contributed by atoms with Crippen LogP contribution in [0.25, 0.3) is 11.6 Å². The van der Waals surface area contributed by atoms with Crippen LogP contribution in [0.4, 0.5) is 4.79 Å². The minimum atomic E-state index is -1.39. The summed E-state index contributed by atoms with van der Waals surface area (Å²) in [6.45, 7) is 9.63. The van der Waals surface area contributed by atoms with Gasteiger partial charge in [-0.05, 0) is 74.2 Å². The lowest BCUT2D eigenvalue weighted by Gasteiger charge is -2.40. The molecule has 0 bridgehead atoms. The van der Waals surface area contributed by atoms with Crippen molar-refractivity contribution in [1.82, 2.24) is 24.3 Å². The quantitative estimate of drug-likeness (QED) is 0.446. The lowest BCUT2D eigenvalue weighted by atomic mass is 9.84. The van der Waals surface area contributed by atoms with Crippen LogP contribution < -0.4 is 0 Å². The van der Waals surface area contributed by atoms with E-state index in [2.05, 4.69) is 9.88 Å². The minimum Gasteiger partial charge on any atom is -0.444 e. The van der Waals surface area contributed by atoms with Crippen molar-refractivity contribution >= 4 is 40.9 Å². The molecule has 0 saturated carbocycles. The number of piperazine rings is 1. The summed E-state index contributed by atoms with van der Waals surface area (Å²) in [5, 5.41) is 13.1. The third-order valence-electron chi connectivity index (χ3n) is 7.25. The average Bonchev–Trinajstić information content (AvgIpc) is 3.24. The number of aryl methyl sites for hydroxylation is 1. The van der Waals surface area contributed by atoms with Gasteiger partial charge in [0.15, 0.2) is 0 Å². The summed E-state index contributed by atoms with van der Waals surface area (Å²) < 4.78 is 7.40. The number of hydrogen-bond donors (Lipinski definition) is 1. The molecule has 1 amide bonds. The largest absolute Gasteiger partial charge is 0.444 e. The summed E-state index contributed by atoms with van der Waals surface area (Å²) in [5.41, 5.74) is 2.78. The second-order valence-corrected chi connectivity index (χ2v) is 12.2. The molecule has 8 nitrogen and oxygen atoms in total. The molecule has 2 unspecified atom stereocenters. The number of fused-ring (bicyclic) bond motifs is 2. The predicted octanol–water partition coefficient (Wildman–Crippen LogP) is 5.53. The van der Waals surface area contributed by atoms with E-state index in [1.54, 1.807) is 35.1 Å². The predicted molar refractivity (Wildman–Crippen MR) is 153 cm³/mol. The van der Waals surface area contributed by atoms with Crippen molar-refractivity contribution in [2.75, 3.05) is 26.2 Å². The van der Waals surface area contributed by atoms with Gasteiger partial charge in [0.25, 0.3) is 0 Å². The fourth-order valence-electron chi connectivity index (χ4n) is 5.42. The topological polar surface area (TPSA) is 83.7 Å². The Bertz CT molecular complexity index is 1430. The molecule has 1 aliphatic carbocycles. The number of aliphatic hydroxyl groups is 1. The number of ether oxygens (including phenoxy) is 1. The van der Waals surface area contributed by atoms with Crippen LogP contribution in [-0.2, 0) is 17.4 Å². The molecular formula is C29H33Cl2N5O3. The normalized spacial score (nSPS) is 19.4. The van der Waals surface area contributed by atoms with Crippen molar-refractivity contribution in [3.8, 4) is 0 Å². The Morgan fingerprint density at radius 2 is 1.77 bits per heavy atom. The third kappa shape index (κ3) is 5.43. The Labute approximate surface area is 238 Å². The molecule has 206 valence electrons. The molecule has 2 atom stereocenters. The van der Waals surface area contributed by atoms with Gasteiger partial charge in [-0.15, -0.1) is 0 Å². The first-order chi connectivity index (χ1) is 18.3. The molecule has 2 aliphatic rings. The zero-order valence-corrected chi connectivity index (χ0v) is 24.3. The van der Waals surface area contributed by atoms with E-state index >= 15 is 0 Å². The van der Waals surface area contributed by atoms with Crippen molar-refractivity contribution < 1.29 is 14.6 Å².